The van der Waals surface area contributed by atoms with E-state index in [1.165, 1.54) is 0 Å². The fraction of sp³-hybridized carbons (Fsp3) is 0.174. The number of hydrogen-bond donors (Lipinski definition) is 0. The fourth-order valence-electron chi connectivity index (χ4n) is 3.27. The van der Waals surface area contributed by atoms with Gasteiger partial charge in [0.25, 0.3) is 0 Å². The zero-order chi connectivity index (χ0) is 21.0. The van der Waals surface area contributed by atoms with Crippen LogP contribution in [0.15, 0.2) is 74.4 Å². The normalized spacial score (nSPS) is 11.6. The highest BCUT2D eigenvalue weighted by Crippen LogP contribution is 2.33. The summed E-state index contributed by atoms with van der Waals surface area (Å²) in [5.41, 5.74) is 1.22. The van der Waals surface area contributed by atoms with Crippen LogP contribution in [0.2, 0.25) is 0 Å². The molecule has 29 heavy (non-hydrogen) atoms. The standard InChI is InChI=1S/C23H18BrNO4/c1-3-28-22(26)14(2)18(15-7-6-8-16(24)11-15)12-19-17-9-4-5-10-21(17)29-23(27)20(19)13-25/h4-11,18H,2-3,12H2,1H3/t18-/m0/s1. The molecule has 1 aromatic heterocycles. The Bertz CT molecular complexity index is 1190. The van der Waals surface area contributed by atoms with E-state index >= 15 is 0 Å². The molecule has 0 radical (unpaired) electrons. The Labute approximate surface area is 176 Å². The highest BCUT2D eigenvalue weighted by atomic mass is 79.9. The van der Waals surface area contributed by atoms with Crippen LogP contribution in [0.1, 0.15) is 29.5 Å². The van der Waals surface area contributed by atoms with E-state index in [1.807, 2.05) is 30.3 Å². The van der Waals surface area contributed by atoms with Gasteiger partial charge in [-0.1, -0.05) is 52.8 Å². The molecule has 1 heterocycles. The van der Waals surface area contributed by atoms with Gasteiger partial charge in [-0.15, -0.1) is 0 Å². The van der Waals surface area contributed by atoms with Gasteiger partial charge in [0.05, 0.1) is 6.61 Å². The Kier molecular flexibility index (Phi) is 6.30. The largest absolute Gasteiger partial charge is 0.463 e. The minimum atomic E-state index is -0.698. The minimum Gasteiger partial charge on any atom is -0.463 e. The van der Waals surface area contributed by atoms with Gasteiger partial charge in [0, 0.05) is 21.3 Å². The molecule has 0 aliphatic heterocycles. The van der Waals surface area contributed by atoms with Gasteiger partial charge in [-0.25, -0.2) is 9.59 Å². The molecule has 5 nitrogen and oxygen atoms in total. The fourth-order valence-corrected chi connectivity index (χ4v) is 3.69. The van der Waals surface area contributed by atoms with Crippen molar-refractivity contribution in [2.24, 2.45) is 0 Å². The average molecular weight is 452 g/mol. The zero-order valence-corrected chi connectivity index (χ0v) is 17.4. The van der Waals surface area contributed by atoms with Crippen molar-refractivity contribution in [1.29, 1.82) is 5.26 Å². The van der Waals surface area contributed by atoms with E-state index < -0.39 is 17.5 Å². The van der Waals surface area contributed by atoms with Crippen LogP contribution in [-0.2, 0) is 16.0 Å². The molecular formula is C23H18BrNO4. The van der Waals surface area contributed by atoms with E-state index in [1.54, 1.807) is 31.2 Å². The summed E-state index contributed by atoms with van der Waals surface area (Å²) in [4.78, 5) is 24.8. The summed E-state index contributed by atoms with van der Waals surface area (Å²) >= 11 is 3.45. The van der Waals surface area contributed by atoms with Crippen LogP contribution in [0.5, 0.6) is 0 Å². The summed E-state index contributed by atoms with van der Waals surface area (Å²) in [5, 5.41) is 10.2. The van der Waals surface area contributed by atoms with E-state index in [0.717, 1.165) is 10.0 Å². The number of esters is 1. The number of ether oxygens (including phenoxy) is 1. The van der Waals surface area contributed by atoms with Crippen LogP contribution in [0.3, 0.4) is 0 Å². The highest BCUT2D eigenvalue weighted by molar-refractivity contribution is 9.10. The summed E-state index contributed by atoms with van der Waals surface area (Å²) in [6.07, 6.45) is 0.225. The molecule has 0 N–H and O–H groups in total. The van der Waals surface area contributed by atoms with Crippen molar-refractivity contribution in [1.82, 2.24) is 0 Å². The molecule has 0 saturated heterocycles. The van der Waals surface area contributed by atoms with Gasteiger partial charge in [-0.3, -0.25) is 0 Å². The summed E-state index contributed by atoms with van der Waals surface area (Å²) in [7, 11) is 0. The van der Waals surface area contributed by atoms with Crippen LogP contribution in [0, 0.1) is 11.3 Å². The number of rotatable bonds is 6. The monoisotopic (exact) mass is 451 g/mol. The van der Waals surface area contributed by atoms with Crippen LogP contribution < -0.4 is 5.63 Å². The second-order valence-corrected chi connectivity index (χ2v) is 7.32. The molecule has 0 saturated carbocycles. The van der Waals surface area contributed by atoms with Gasteiger partial charge in [0.2, 0.25) is 0 Å². The molecule has 6 heteroatoms. The first kappa shape index (κ1) is 20.6. The third kappa shape index (κ3) is 4.30. The van der Waals surface area contributed by atoms with Crippen LogP contribution in [0.25, 0.3) is 11.0 Å². The van der Waals surface area contributed by atoms with Gasteiger partial charge in [-0.05, 0) is 42.7 Å². The second kappa shape index (κ2) is 8.89. The van der Waals surface area contributed by atoms with Crippen molar-refractivity contribution in [3.05, 3.63) is 92.3 Å². The van der Waals surface area contributed by atoms with Crippen LogP contribution in [0.4, 0.5) is 0 Å². The summed E-state index contributed by atoms with van der Waals surface area (Å²) in [6, 6.07) is 16.5. The van der Waals surface area contributed by atoms with E-state index in [2.05, 4.69) is 22.5 Å². The number of hydrogen-bond acceptors (Lipinski definition) is 5. The molecule has 0 spiro atoms. The number of nitriles is 1. The molecule has 146 valence electrons. The Morgan fingerprint density at radius 1 is 1.28 bits per heavy atom. The Balaban J connectivity index is 2.19. The third-order valence-corrected chi connectivity index (χ3v) is 5.14. The lowest BCUT2D eigenvalue weighted by Crippen LogP contribution is -2.18. The maximum Gasteiger partial charge on any atom is 0.354 e. The van der Waals surface area contributed by atoms with Gasteiger partial charge in [-0.2, -0.15) is 5.26 Å². The average Bonchev–Trinajstić information content (AvgIpc) is 2.71. The lowest BCUT2D eigenvalue weighted by atomic mass is 9.84. The predicted molar refractivity (Wildman–Crippen MR) is 114 cm³/mol. The quantitative estimate of drug-likeness (QED) is 0.303. The number of nitrogens with zero attached hydrogens (tertiary/aromatic N) is 1. The number of fused-ring (bicyclic) bond motifs is 1. The first-order valence-corrected chi connectivity index (χ1v) is 9.81. The first-order valence-electron chi connectivity index (χ1n) is 9.02. The number of carbonyl (C=O) groups is 1. The van der Waals surface area contributed by atoms with Crippen LogP contribution >= 0.6 is 15.9 Å². The highest BCUT2D eigenvalue weighted by Gasteiger charge is 2.26. The molecule has 1 atom stereocenters. The SMILES string of the molecule is C=C(C(=O)OCC)[C@H](Cc1c(C#N)c(=O)oc2ccccc12)c1cccc(Br)c1. The van der Waals surface area contributed by atoms with Gasteiger partial charge >= 0.3 is 11.6 Å². The third-order valence-electron chi connectivity index (χ3n) is 4.65. The smallest absolute Gasteiger partial charge is 0.354 e. The van der Waals surface area contributed by atoms with Crippen molar-refractivity contribution in [3.63, 3.8) is 0 Å². The molecule has 0 unspecified atom stereocenters. The molecule has 2 aromatic carbocycles. The molecular weight excluding hydrogens is 434 g/mol. The first-order chi connectivity index (χ1) is 14.0. The van der Waals surface area contributed by atoms with E-state index in [0.29, 0.717) is 16.5 Å². The molecule has 3 rings (SSSR count). The van der Waals surface area contributed by atoms with Crippen molar-refractivity contribution >= 4 is 32.9 Å². The molecule has 0 aliphatic carbocycles. The lowest BCUT2D eigenvalue weighted by Gasteiger charge is -2.20. The Hall–Kier alpha value is -3.17. The molecule has 0 amide bonds. The summed E-state index contributed by atoms with van der Waals surface area (Å²) in [5.74, 6) is -0.993. The van der Waals surface area contributed by atoms with Crippen molar-refractivity contribution in [2.75, 3.05) is 6.61 Å². The van der Waals surface area contributed by atoms with Crippen molar-refractivity contribution in [3.8, 4) is 6.07 Å². The number of para-hydroxylation sites is 1. The molecule has 0 aliphatic rings. The predicted octanol–water partition coefficient (Wildman–Crippen LogP) is 4.87. The molecule has 0 bridgehead atoms. The minimum absolute atomic E-state index is 0.0691. The summed E-state index contributed by atoms with van der Waals surface area (Å²) in [6.45, 7) is 5.91. The molecule has 3 aromatic rings. The number of halogens is 1. The van der Waals surface area contributed by atoms with E-state index in [9.17, 15) is 14.9 Å². The second-order valence-electron chi connectivity index (χ2n) is 6.41. The maximum absolute atomic E-state index is 12.4. The Morgan fingerprint density at radius 2 is 2.03 bits per heavy atom. The zero-order valence-electron chi connectivity index (χ0n) is 15.8. The van der Waals surface area contributed by atoms with E-state index in [-0.39, 0.29) is 24.2 Å². The van der Waals surface area contributed by atoms with Crippen molar-refractivity contribution in [2.45, 2.75) is 19.3 Å². The van der Waals surface area contributed by atoms with Gasteiger partial charge in [0.1, 0.15) is 17.2 Å². The van der Waals surface area contributed by atoms with Crippen LogP contribution in [-0.4, -0.2) is 12.6 Å². The lowest BCUT2D eigenvalue weighted by molar-refractivity contribution is -0.138. The molecule has 0 fully saturated rings. The Morgan fingerprint density at radius 3 is 2.72 bits per heavy atom. The van der Waals surface area contributed by atoms with Gasteiger partial charge in [0.15, 0.2) is 0 Å². The number of carbonyl (C=O) groups excluding carboxylic acids is 1. The van der Waals surface area contributed by atoms with E-state index in [4.69, 9.17) is 9.15 Å². The van der Waals surface area contributed by atoms with Gasteiger partial charge < -0.3 is 9.15 Å². The summed E-state index contributed by atoms with van der Waals surface area (Å²) < 4.78 is 11.3. The topological polar surface area (TPSA) is 80.3 Å². The maximum atomic E-state index is 12.4. The number of benzene rings is 2. The van der Waals surface area contributed by atoms with Crippen molar-refractivity contribution < 1.29 is 13.9 Å².